The molecule has 0 heterocycles. The van der Waals surface area contributed by atoms with Gasteiger partial charge in [0.2, 0.25) is 0 Å². The summed E-state index contributed by atoms with van der Waals surface area (Å²) in [5.41, 5.74) is 2.75. The number of nitrogens with one attached hydrogen (secondary N) is 1. The van der Waals surface area contributed by atoms with Crippen molar-refractivity contribution in [3.05, 3.63) is 64.7 Å². The SMILES string of the molecule is CN(C)c1ccc(C(=O)NCc2ccc(Cl)cc2)cc1. The third-order valence-electron chi connectivity index (χ3n) is 3.01. The zero-order chi connectivity index (χ0) is 14.5. The molecule has 0 saturated carbocycles. The number of rotatable bonds is 4. The standard InChI is InChI=1S/C16H17ClN2O/c1-19(2)15-9-5-13(6-10-15)16(20)18-11-12-3-7-14(17)8-4-12/h3-10H,11H2,1-2H3,(H,18,20). The monoisotopic (exact) mass is 288 g/mol. The Labute approximate surface area is 124 Å². The quantitative estimate of drug-likeness (QED) is 0.936. The average Bonchev–Trinajstić information content (AvgIpc) is 2.46. The van der Waals surface area contributed by atoms with Gasteiger partial charge in [-0.05, 0) is 42.0 Å². The van der Waals surface area contributed by atoms with Gasteiger partial charge >= 0.3 is 0 Å². The number of amides is 1. The first-order valence-corrected chi connectivity index (χ1v) is 6.74. The summed E-state index contributed by atoms with van der Waals surface area (Å²) >= 11 is 5.82. The van der Waals surface area contributed by atoms with Crippen LogP contribution < -0.4 is 10.2 Å². The van der Waals surface area contributed by atoms with Crippen molar-refractivity contribution in [1.82, 2.24) is 5.32 Å². The fourth-order valence-corrected chi connectivity index (χ4v) is 1.92. The molecule has 4 heteroatoms. The van der Waals surface area contributed by atoms with Crippen LogP contribution in [0.2, 0.25) is 5.02 Å². The van der Waals surface area contributed by atoms with Crippen LogP contribution in [-0.4, -0.2) is 20.0 Å². The molecule has 3 nitrogen and oxygen atoms in total. The van der Waals surface area contributed by atoms with Gasteiger partial charge in [-0.1, -0.05) is 23.7 Å². The molecule has 0 unspecified atom stereocenters. The van der Waals surface area contributed by atoms with E-state index in [0.717, 1.165) is 11.3 Å². The van der Waals surface area contributed by atoms with E-state index in [1.807, 2.05) is 67.5 Å². The second-order valence-corrected chi connectivity index (χ2v) is 5.19. The lowest BCUT2D eigenvalue weighted by molar-refractivity contribution is 0.0951. The molecular weight excluding hydrogens is 272 g/mol. The summed E-state index contributed by atoms with van der Waals surface area (Å²) in [4.78, 5) is 14.0. The number of benzene rings is 2. The smallest absolute Gasteiger partial charge is 0.251 e. The van der Waals surface area contributed by atoms with E-state index >= 15 is 0 Å². The van der Waals surface area contributed by atoms with Gasteiger partial charge in [0.05, 0.1) is 0 Å². The van der Waals surface area contributed by atoms with E-state index < -0.39 is 0 Å². The van der Waals surface area contributed by atoms with Crippen molar-refractivity contribution in [2.24, 2.45) is 0 Å². The Morgan fingerprint density at radius 3 is 2.20 bits per heavy atom. The Bertz CT molecular complexity index is 576. The molecule has 2 aromatic carbocycles. The van der Waals surface area contributed by atoms with Crippen molar-refractivity contribution >= 4 is 23.2 Å². The molecule has 2 aromatic rings. The van der Waals surface area contributed by atoms with E-state index in [0.29, 0.717) is 17.1 Å². The van der Waals surface area contributed by atoms with Gasteiger partial charge in [-0.2, -0.15) is 0 Å². The van der Waals surface area contributed by atoms with E-state index in [1.54, 1.807) is 0 Å². The number of carbonyl (C=O) groups is 1. The minimum atomic E-state index is -0.0785. The highest BCUT2D eigenvalue weighted by Crippen LogP contribution is 2.13. The number of hydrogen-bond donors (Lipinski definition) is 1. The number of nitrogens with zero attached hydrogens (tertiary/aromatic N) is 1. The molecule has 20 heavy (non-hydrogen) atoms. The van der Waals surface area contributed by atoms with Crippen molar-refractivity contribution in [3.63, 3.8) is 0 Å². The maximum Gasteiger partial charge on any atom is 0.251 e. The summed E-state index contributed by atoms with van der Waals surface area (Å²) in [6.07, 6.45) is 0. The lowest BCUT2D eigenvalue weighted by atomic mass is 10.1. The number of anilines is 1. The maximum atomic E-state index is 12.0. The van der Waals surface area contributed by atoms with Crippen LogP contribution in [0.1, 0.15) is 15.9 Å². The van der Waals surface area contributed by atoms with E-state index in [2.05, 4.69) is 5.32 Å². The summed E-state index contributed by atoms with van der Waals surface area (Å²) in [5.74, 6) is -0.0785. The molecule has 1 N–H and O–H groups in total. The lowest BCUT2D eigenvalue weighted by Crippen LogP contribution is -2.22. The minimum absolute atomic E-state index is 0.0785. The molecule has 0 atom stereocenters. The highest BCUT2D eigenvalue weighted by molar-refractivity contribution is 6.30. The van der Waals surface area contributed by atoms with Crippen molar-refractivity contribution in [1.29, 1.82) is 0 Å². The summed E-state index contributed by atoms with van der Waals surface area (Å²) in [7, 11) is 3.94. The van der Waals surface area contributed by atoms with Gasteiger partial charge in [0.25, 0.3) is 5.91 Å². The Kier molecular flexibility index (Phi) is 4.64. The predicted molar refractivity (Wildman–Crippen MR) is 83.4 cm³/mol. The first-order valence-electron chi connectivity index (χ1n) is 6.36. The summed E-state index contributed by atoms with van der Waals surface area (Å²) < 4.78 is 0. The summed E-state index contributed by atoms with van der Waals surface area (Å²) in [6, 6.07) is 14.9. The van der Waals surface area contributed by atoms with Gasteiger partial charge in [0, 0.05) is 36.9 Å². The first-order chi connectivity index (χ1) is 9.56. The van der Waals surface area contributed by atoms with Crippen LogP contribution in [0.3, 0.4) is 0 Å². The van der Waals surface area contributed by atoms with Gasteiger partial charge in [0.1, 0.15) is 0 Å². The van der Waals surface area contributed by atoms with Crippen molar-refractivity contribution in [2.45, 2.75) is 6.54 Å². The fraction of sp³-hybridized carbons (Fsp3) is 0.188. The van der Waals surface area contributed by atoms with Gasteiger partial charge in [0.15, 0.2) is 0 Å². The van der Waals surface area contributed by atoms with Gasteiger partial charge in [-0.3, -0.25) is 4.79 Å². The van der Waals surface area contributed by atoms with Gasteiger partial charge < -0.3 is 10.2 Å². The Hall–Kier alpha value is -2.00. The van der Waals surface area contributed by atoms with Crippen LogP contribution in [0.4, 0.5) is 5.69 Å². The van der Waals surface area contributed by atoms with E-state index in [-0.39, 0.29) is 5.91 Å². The largest absolute Gasteiger partial charge is 0.378 e. The molecule has 104 valence electrons. The highest BCUT2D eigenvalue weighted by Gasteiger charge is 2.05. The second-order valence-electron chi connectivity index (χ2n) is 4.75. The van der Waals surface area contributed by atoms with Crippen molar-refractivity contribution in [2.75, 3.05) is 19.0 Å². The Morgan fingerprint density at radius 2 is 1.65 bits per heavy atom. The molecule has 0 aliphatic heterocycles. The van der Waals surface area contributed by atoms with Gasteiger partial charge in [-0.15, -0.1) is 0 Å². The third-order valence-corrected chi connectivity index (χ3v) is 3.26. The minimum Gasteiger partial charge on any atom is -0.378 e. The highest BCUT2D eigenvalue weighted by atomic mass is 35.5. The average molecular weight is 289 g/mol. The zero-order valence-electron chi connectivity index (χ0n) is 11.6. The van der Waals surface area contributed by atoms with E-state index in [4.69, 9.17) is 11.6 Å². The Morgan fingerprint density at radius 1 is 1.05 bits per heavy atom. The topological polar surface area (TPSA) is 32.3 Å². The van der Waals surface area contributed by atoms with Crippen molar-refractivity contribution in [3.8, 4) is 0 Å². The molecular formula is C16H17ClN2O. The fourth-order valence-electron chi connectivity index (χ4n) is 1.80. The number of carbonyl (C=O) groups excluding carboxylic acids is 1. The zero-order valence-corrected chi connectivity index (χ0v) is 12.3. The molecule has 0 radical (unpaired) electrons. The number of halogens is 1. The van der Waals surface area contributed by atoms with E-state index in [9.17, 15) is 4.79 Å². The predicted octanol–water partition coefficient (Wildman–Crippen LogP) is 3.34. The van der Waals surface area contributed by atoms with Crippen LogP contribution in [-0.2, 0) is 6.54 Å². The molecule has 0 aliphatic carbocycles. The molecule has 0 fully saturated rings. The summed E-state index contributed by atoms with van der Waals surface area (Å²) in [5, 5.41) is 3.58. The second kappa shape index (κ2) is 6.44. The molecule has 0 aliphatic rings. The lowest BCUT2D eigenvalue weighted by Gasteiger charge is -2.12. The normalized spacial score (nSPS) is 10.2. The van der Waals surface area contributed by atoms with Crippen LogP contribution in [0.5, 0.6) is 0 Å². The maximum absolute atomic E-state index is 12.0. The molecule has 2 rings (SSSR count). The van der Waals surface area contributed by atoms with Crippen LogP contribution in [0.25, 0.3) is 0 Å². The number of hydrogen-bond acceptors (Lipinski definition) is 2. The summed E-state index contributed by atoms with van der Waals surface area (Å²) in [6.45, 7) is 0.492. The Balaban J connectivity index is 1.96. The van der Waals surface area contributed by atoms with Crippen LogP contribution in [0.15, 0.2) is 48.5 Å². The molecule has 0 spiro atoms. The first kappa shape index (κ1) is 14.4. The third kappa shape index (κ3) is 3.75. The van der Waals surface area contributed by atoms with Crippen LogP contribution >= 0.6 is 11.6 Å². The van der Waals surface area contributed by atoms with E-state index in [1.165, 1.54) is 0 Å². The van der Waals surface area contributed by atoms with Crippen LogP contribution in [0, 0.1) is 0 Å². The molecule has 0 saturated heterocycles. The van der Waals surface area contributed by atoms with Crippen molar-refractivity contribution < 1.29 is 4.79 Å². The van der Waals surface area contributed by atoms with Gasteiger partial charge in [-0.25, -0.2) is 0 Å². The molecule has 1 amide bonds. The molecule has 0 bridgehead atoms. The molecule has 0 aromatic heterocycles.